The highest BCUT2D eigenvalue weighted by Crippen LogP contribution is 2.27. The van der Waals surface area contributed by atoms with E-state index >= 15 is 0 Å². The van der Waals surface area contributed by atoms with Crippen molar-refractivity contribution in [1.29, 1.82) is 0 Å². The third-order valence-corrected chi connectivity index (χ3v) is 6.96. The molecule has 38 heavy (non-hydrogen) atoms. The summed E-state index contributed by atoms with van der Waals surface area (Å²) in [6, 6.07) is 13.0. The molecule has 2 aromatic heterocycles. The molecule has 0 aliphatic carbocycles. The van der Waals surface area contributed by atoms with Gasteiger partial charge in [-0.15, -0.1) is 0 Å². The van der Waals surface area contributed by atoms with Crippen molar-refractivity contribution in [2.45, 2.75) is 25.8 Å². The van der Waals surface area contributed by atoms with Crippen LogP contribution in [0.1, 0.15) is 27.2 Å². The summed E-state index contributed by atoms with van der Waals surface area (Å²) < 4.78 is 12.9. The number of halogens is 1. The summed E-state index contributed by atoms with van der Waals surface area (Å²) in [5.74, 6) is -0.474. The Labute approximate surface area is 224 Å². The van der Waals surface area contributed by atoms with Crippen molar-refractivity contribution in [3.05, 3.63) is 86.3 Å². The Morgan fingerprint density at radius 3 is 2.63 bits per heavy atom. The van der Waals surface area contributed by atoms with Crippen molar-refractivity contribution in [2.75, 3.05) is 39.5 Å². The smallest absolute Gasteiger partial charge is 0.257 e. The lowest BCUT2D eigenvalue weighted by atomic mass is 10.0. The van der Waals surface area contributed by atoms with E-state index in [4.69, 9.17) is 26.2 Å². The first kappa shape index (κ1) is 26.6. The number of carbonyl (C=O) groups is 1. The molecule has 4 aromatic rings. The zero-order chi connectivity index (χ0) is 26.6. The molecule has 0 bridgehead atoms. The Morgan fingerprint density at radius 1 is 1.13 bits per heavy atom. The number of aromatic nitrogens is 1. The zero-order valence-corrected chi connectivity index (χ0v) is 21.6. The van der Waals surface area contributed by atoms with E-state index in [2.05, 4.69) is 16.3 Å². The fourth-order valence-corrected chi connectivity index (χ4v) is 4.88. The van der Waals surface area contributed by atoms with Crippen molar-refractivity contribution < 1.29 is 24.5 Å². The summed E-state index contributed by atoms with van der Waals surface area (Å²) in [4.78, 5) is 29.1. The lowest BCUT2D eigenvalue weighted by molar-refractivity contribution is -0.000948. The Balaban J connectivity index is 1.50. The van der Waals surface area contributed by atoms with E-state index in [-0.39, 0.29) is 30.8 Å². The van der Waals surface area contributed by atoms with Crippen molar-refractivity contribution in [1.82, 2.24) is 14.6 Å². The largest absolute Gasteiger partial charge is 0.394 e. The number of aliphatic hydroxyl groups excluding tert-OH is 2. The summed E-state index contributed by atoms with van der Waals surface area (Å²) >= 11 is 5.95. The van der Waals surface area contributed by atoms with Crippen LogP contribution < -0.4 is 10.7 Å². The minimum Gasteiger partial charge on any atom is -0.394 e. The maximum Gasteiger partial charge on any atom is 0.257 e. The quantitative estimate of drug-likeness (QED) is 0.283. The predicted octanol–water partition coefficient (Wildman–Crippen LogP) is 2.18. The maximum atomic E-state index is 13.6. The fourth-order valence-electron chi connectivity index (χ4n) is 4.76. The van der Waals surface area contributed by atoms with Crippen LogP contribution >= 0.6 is 11.6 Å². The van der Waals surface area contributed by atoms with Gasteiger partial charge in [-0.25, -0.2) is 0 Å². The van der Waals surface area contributed by atoms with Crippen LogP contribution in [0.4, 0.5) is 0 Å². The van der Waals surface area contributed by atoms with Crippen LogP contribution in [0.3, 0.4) is 0 Å². The number of nitrogens with zero attached hydrogens (tertiary/aromatic N) is 2. The molecule has 10 heteroatoms. The molecule has 2 aromatic carbocycles. The molecule has 1 amide bonds. The predicted molar refractivity (Wildman–Crippen MR) is 144 cm³/mol. The van der Waals surface area contributed by atoms with Gasteiger partial charge in [0.1, 0.15) is 11.7 Å². The van der Waals surface area contributed by atoms with Crippen molar-refractivity contribution >= 4 is 33.8 Å². The molecule has 0 radical (unpaired) electrons. The molecule has 1 atom stereocenters. The van der Waals surface area contributed by atoms with Crippen molar-refractivity contribution in [3.8, 4) is 0 Å². The van der Waals surface area contributed by atoms with Crippen molar-refractivity contribution in [2.24, 2.45) is 0 Å². The van der Waals surface area contributed by atoms with Gasteiger partial charge in [-0.05, 0) is 41.5 Å². The van der Waals surface area contributed by atoms with Gasteiger partial charge in [0.2, 0.25) is 5.43 Å². The highest BCUT2D eigenvalue weighted by atomic mass is 35.5. The van der Waals surface area contributed by atoms with E-state index < -0.39 is 18.6 Å². The molecule has 3 heterocycles. The van der Waals surface area contributed by atoms with E-state index in [1.165, 1.54) is 0 Å². The molecule has 1 aliphatic heterocycles. The Morgan fingerprint density at radius 2 is 1.89 bits per heavy atom. The van der Waals surface area contributed by atoms with Crippen LogP contribution in [0.5, 0.6) is 0 Å². The van der Waals surface area contributed by atoms with Gasteiger partial charge in [0.25, 0.3) is 5.91 Å². The highest BCUT2D eigenvalue weighted by molar-refractivity contribution is 6.30. The number of amides is 1. The normalized spacial score (nSPS) is 15.3. The molecule has 1 aliphatic rings. The number of carbonyl (C=O) groups excluding carboxylic acids is 1. The molecular formula is C28H30ClN3O6. The van der Waals surface area contributed by atoms with Crippen LogP contribution in [0.25, 0.3) is 16.3 Å². The molecule has 0 saturated carbocycles. The number of ether oxygens (including phenoxy) is 2. The summed E-state index contributed by atoms with van der Waals surface area (Å²) in [6.07, 6.45) is 0.570. The van der Waals surface area contributed by atoms with E-state index in [1.807, 2.05) is 28.7 Å². The maximum absolute atomic E-state index is 13.6. The SMILES string of the molecule is O=C(NCc1ccc(Cl)cc1)c1cn2c(COCC(O)CO)cc3cc(CN4CCOCC4)cc(c1=O)c32. The van der Waals surface area contributed by atoms with Crippen LogP contribution in [0.15, 0.2) is 53.5 Å². The summed E-state index contributed by atoms with van der Waals surface area (Å²) in [5.41, 5.74) is 2.98. The number of pyridine rings is 1. The van der Waals surface area contributed by atoms with Crippen LogP contribution in [0.2, 0.25) is 5.02 Å². The number of hydrogen-bond donors (Lipinski definition) is 3. The number of morpholine rings is 1. The number of aliphatic hydroxyl groups is 2. The minimum absolute atomic E-state index is 0.0316. The second-order valence-electron chi connectivity index (χ2n) is 9.51. The second-order valence-corrected chi connectivity index (χ2v) is 9.94. The molecule has 3 N–H and O–H groups in total. The molecule has 1 saturated heterocycles. The first-order valence-corrected chi connectivity index (χ1v) is 12.9. The van der Waals surface area contributed by atoms with Gasteiger partial charge < -0.3 is 29.4 Å². The molecule has 0 spiro atoms. The number of benzene rings is 2. The van der Waals surface area contributed by atoms with Crippen molar-refractivity contribution in [3.63, 3.8) is 0 Å². The lowest BCUT2D eigenvalue weighted by Crippen LogP contribution is -2.35. The van der Waals surface area contributed by atoms with E-state index in [1.54, 1.807) is 18.3 Å². The number of hydrogen-bond acceptors (Lipinski definition) is 7. The number of rotatable bonds is 10. The third kappa shape index (κ3) is 5.83. The van der Waals surface area contributed by atoms with Gasteiger partial charge in [-0.3, -0.25) is 14.5 Å². The average molecular weight is 540 g/mol. The standard InChI is InChI=1S/C28H30ClN3O6/c29-21-3-1-18(2-4-21)12-30-28(36)25-14-32-22(16-38-17-23(34)15-33)11-20-9-19(10-24(26(20)32)27(25)35)13-31-5-7-37-8-6-31/h1-4,9-11,14,23,33-34H,5-8,12-13,15-17H2,(H,30,36). The van der Waals surface area contributed by atoms with Crippen LogP contribution in [-0.4, -0.2) is 71.0 Å². The molecule has 200 valence electrons. The number of nitrogens with one attached hydrogen (secondary N) is 1. The van der Waals surface area contributed by atoms with Gasteiger partial charge in [-0.1, -0.05) is 23.7 Å². The average Bonchev–Trinajstić information content (AvgIpc) is 3.27. The molecule has 9 nitrogen and oxygen atoms in total. The van der Waals surface area contributed by atoms with E-state index in [0.717, 1.165) is 40.8 Å². The third-order valence-electron chi connectivity index (χ3n) is 6.71. The summed E-state index contributed by atoms with van der Waals surface area (Å²) in [6.45, 7) is 3.59. The first-order chi connectivity index (χ1) is 18.4. The van der Waals surface area contributed by atoms with Crippen LogP contribution in [0, 0.1) is 0 Å². The van der Waals surface area contributed by atoms with Gasteiger partial charge in [0, 0.05) is 53.9 Å². The Kier molecular flexibility index (Phi) is 8.23. The Bertz CT molecular complexity index is 1470. The summed E-state index contributed by atoms with van der Waals surface area (Å²) in [5, 5.41) is 23.5. The zero-order valence-electron chi connectivity index (χ0n) is 20.9. The van der Waals surface area contributed by atoms with E-state index in [9.17, 15) is 14.7 Å². The first-order valence-electron chi connectivity index (χ1n) is 12.6. The monoisotopic (exact) mass is 539 g/mol. The van der Waals surface area contributed by atoms with Gasteiger partial charge >= 0.3 is 0 Å². The Hall–Kier alpha value is -3.05. The lowest BCUT2D eigenvalue weighted by Gasteiger charge is -2.26. The second kappa shape index (κ2) is 11.8. The minimum atomic E-state index is -0.984. The van der Waals surface area contributed by atoms with Gasteiger partial charge in [0.15, 0.2) is 0 Å². The topological polar surface area (TPSA) is 113 Å². The van der Waals surface area contributed by atoms with Gasteiger partial charge in [-0.2, -0.15) is 0 Å². The summed E-state index contributed by atoms with van der Waals surface area (Å²) in [7, 11) is 0. The van der Waals surface area contributed by atoms with Gasteiger partial charge in [0.05, 0.1) is 38.6 Å². The molecule has 1 fully saturated rings. The molecular weight excluding hydrogens is 510 g/mol. The van der Waals surface area contributed by atoms with E-state index in [0.29, 0.717) is 30.2 Å². The molecule has 5 rings (SSSR count). The highest BCUT2D eigenvalue weighted by Gasteiger charge is 2.21. The fraction of sp³-hybridized carbons (Fsp3) is 0.357. The molecule has 1 unspecified atom stereocenters. The van der Waals surface area contributed by atoms with Crippen LogP contribution in [-0.2, 0) is 29.2 Å².